The first-order chi connectivity index (χ1) is 17.6. The summed E-state index contributed by atoms with van der Waals surface area (Å²) in [6.45, 7) is 8.91. The third-order valence-corrected chi connectivity index (χ3v) is 7.03. The third-order valence-electron chi connectivity index (χ3n) is 6.80. The minimum absolute atomic E-state index is 0.0975. The summed E-state index contributed by atoms with van der Waals surface area (Å²) in [6.07, 6.45) is 4.45. The van der Waals surface area contributed by atoms with Crippen molar-refractivity contribution in [2.75, 3.05) is 32.7 Å². The first-order valence-electron chi connectivity index (χ1n) is 12.4. The molecule has 1 aliphatic rings. The van der Waals surface area contributed by atoms with Gasteiger partial charge in [-0.05, 0) is 58.7 Å². The Morgan fingerprint density at radius 1 is 0.889 bits per heavy atom. The zero-order valence-corrected chi connectivity index (χ0v) is 21.5. The highest BCUT2D eigenvalue weighted by Gasteiger charge is 2.31. The van der Waals surface area contributed by atoms with Crippen molar-refractivity contribution in [3.63, 3.8) is 0 Å². The lowest BCUT2D eigenvalue weighted by Crippen LogP contribution is -2.48. The lowest BCUT2D eigenvalue weighted by atomic mass is 10.0. The Kier molecular flexibility index (Phi) is 7.56. The number of hydrogen-bond acceptors (Lipinski definition) is 5. The molecule has 4 aromatic rings. The fraction of sp³-hybridized carbons (Fsp3) is 0.276. The Labute approximate surface area is 217 Å². The topological polar surface area (TPSA) is 50.1 Å². The highest BCUT2D eigenvalue weighted by molar-refractivity contribution is 6.30. The van der Waals surface area contributed by atoms with Crippen LogP contribution in [0.1, 0.15) is 34.1 Å². The molecule has 0 N–H and O–H groups in total. The zero-order chi connectivity index (χ0) is 24.9. The van der Waals surface area contributed by atoms with Crippen molar-refractivity contribution in [2.24, 2.45) is 0 Å². The molecular weight excluding hydrogens is 468 g/mol. The molecule has 0 spiro atoms. The predicted molar refractivity (Wildman–Crippen MR) is 145 cm³/mol. The lowest BCUT2D eigenvalue weighted by molar-refractivity contribution is 0.113. The summed E-state index contributed by atoms with van der Waals surface area (Å²) >= 11 is 6.43. The van der Waals surface area contributed by atoms with Crippen LogP contribution < -0.4 is 0 Å². The van der Waals surface area contributed by atoms with E-state index in [9.17, 15) is 0 Å². The van der Waals surface area contributed by atoms with Crippen LogP contribution in [-0.2, 0) is 0 Å². The van der Waals surface area contributed by atoms with Gasteiger partial charge in [0.1, 0.15) is 0 Å². The summed E-state index contributed by atoms with van der Waals surface area (Å²) in [5, 5.41) is 13.8. The molecule has 2 heterocycles. The molecule has 0 unspecified atom stereocenters. The van der Waals surface area contributed by atoms with Crippen LogP contribution >= 0.6 is 11.6 Å². The standard InChI is InChI=1S/C29H31ClN6/c1-22-9-6-10-23(2)27(22)36-29(31-32-33-36)28(25-14-7-15-26(30)21-25)35-19-17-34(18-20-35)16-8-13-24-11-4-3-5-12-24/h3-15,21,28H,16-20H2,1-2H3/t28-/m1/s1. The molecule has 1 atom stereocenters. The summed E-state index contributed by atoms with van der Waals surface area (Å²) < 4.78 is 1.91. The highest BCUT2D eigenvalue weighted by Crippen LogP contribution is 2.32. The van der Waals surface area contributed by atoms with Crippen molar-refractivity contribution in [1.82, 2.24) is 30.0 Å². The number of halogens is 1. The second kappa shape index (κ2) is 11.2. The fourth-order valence-corrected chi connectivity index (χ4v) is 5.17. The molecule has 6 nitrogen and oxygen atoms in total. The molecule has 1 saturated heterocycles. The van der Waals surface area contributed by atoms with Crippen LogP contribution in [0.2, 0.25) is 5.02 Å². The van der Waals surface area contributed by atoms with E-state index in [0.29, 0.717) is 5.02 Å². The molecule has 0 aliphatic carbocycles. The normalized spacial score (nSPS) is 16.0. The maximum Gasteiger partial charge on any atom is 0.178 e. The number of aryl methyl sites for hydroxylation is 2. The minimum atomic E-state index is -0.0975. The van der Waals surface area contributed by atoms with E-state index in [-0.39, 0.29) is 6.04 Å². The van der Waals surface area contributed by atoms with E-state index >= 15 is 0 Å². The summed E-state index contributed by atoms with van der Waals surface area (Å²) in [6, 6.07) is 24.7. The molecule has 3 aromatic carbocycles. The average molecular weight is 499 g/mol. The predicted octanol–water partition coefficient (Wildman–Crippen LogP) is 5.35. The summed E-state index contributed by atoms with van der Waals surface area (Å²) in [4.78, 5) is 4.96. The van der Waals surface area contributed by atoms with Crippen LogP contribution in [0, 0.1) is 13.8 Å². The van der Waals surface area contributed by atoms with Crippen LogP contribution in [0.3, 0.4) is 0 Å². The molecule has 7 heteroatoms. The van der Waals surface area contributed by atoms with Crippen molar-refractivity contribution in [3.8, 4) is 5.69 Å². The highest BCUT2D eigenvalue weighted by atomic mass is 35.5. The third kappa shape index (κ3) is 5.41. The Morgan fingerprint density at radius 2 is 1.61 bits per heavy atom. The largest absolute Gasteiger partial charge is 0.297 e. The molecule has 0 saturated carbocycles. The second-order valence-electron chi connectivity index (χ2n) is 9.30. The molecule has 36 heavy (non-hydrogen) atoms. The smallest absolute Gasteiger partial charge is 0.178 e. The van der Waals surface area contributed by atoms with E-state index in [0.717, 1.165) is 60.9 Å². The number of piperazine rings is 1. The van der Waals surface area contributed by atoms with E-state index in [4.69, 9.17) is 11.6 Å². The van der Waals surface area contributed by atoms with E-state index in [2.05, 4.69) is 99.9 Å². The maximum absolute atomic E-state index is 6.43. The molecule has 0 bridgehead atoms. The molecule has 0 radical (unpaired) electrons. The Balaban J connectivity index is 1.39. The Bertz CT molecular complexity index is 1300. The molecule has 184 valence electrons. The van der Waals surface area contributed by atoms with Crippen LogP contribution in [0.25, 0.3) is 11.8 Å². The van der Waals surface area contributed by atoms with Gasteiger partial charge in [-0.15, -0.1) is 5.10 Å². The average Bonchev–Trinajstić information content (AvgIpc) is 3.34. The van der Waals surface area contributed by atoms with Gasteiger partial charge < -0.3 is 0 Å². The summed E-state index contributed by atoms with van der Waals surface area (Å²) in [5.74, 6) is 0.812. The van der Waals surface area contributed by atoms with Crippen LogP contribution in [0.4, 0.5) is 0 Å². The van der Waals surface area contributed by atoms with Gasteiger partial charge in [-0.1, -0.05) is 84.4 Å². The Hall–Kier alpha value is -3.32. The van der Waals surface area contributed by atoms with Crippen molar-refractivity contribution in [2.45, 2.75) is 19.9 Å². The number of tetrazole rings is 1. The van der Waals surface area contributed by atoms with Crippen LogP contribution in [-0.4, -0.2) is 62.7 Å². The van der Waals surface area contributed by atoms with Gasteiger partial charge in [0.15, 0.2) is 5.82 Å². The van der Waals surface area contributed by atoms with Gasteiger partial charge in [-0.25, -0.2) is 0 Å². The SMILES string of the molecule is Cc1cccc(C)c1-n1nnnc1[C@@H](c1cccc(Cl)c1)N1CCN(CC=Cc2ccccc2)CC1. The number of benzene rings is 3. The first-order valence-corrected chi connectivity index (χ1v) is 12.8. The van der Waals surface area contributed by atoms with Crippen molar-refractivity contribution in [1.29, 1.82) is 0 Å². The zero-order valence-electron chi connectivity index (χ0n) is 20.8. The van der Waals surface area contributed by atoms with E-state index in [1.54, 1.807) is 0 Å². The summed E-state index contributed by atoms with van der Waals surface area (Å²) in [7, 11) is 0. The van der Waals surface area contributed by atoms with E-state index in [1.165, 1.54) is 5.56 Å². The monoisotopic (exact) mass is 498 g/mol. The molecule has 5 rings (SSSR count). The van der Waals surface area contributed by atoms with Crippen LogP contribution in [0.5, 0.6) is 0 Å². The minimum Gasteiger partial charge on any atom is -0.297 e. The Morgan fingerprint density at radius 3 is 2.33 bits per heavy atom. The summed E-state index contributed by atoms with van der Waals surface area (Å²) in [5.41, 5.74) is 5.65. The van der Waals surface area contributed by atoms with Gasteiger partial charge in [-0.3, -0.25) is 9.80 Å². The number of aromatic nitrogens is 4. The van der Waals surface area contributed by atoms with E-state index in [1.807, 2.05) is 28.9 Å². The van der Waals surface area contributed by atoms with Crippen molar-refractivity contribution in [3.05, 3.63) is 112 Å². The van der Waals surface area contributed by atoms with Crippen molar-refractivity contribution >= 4 is 17.7 Å². The van der Waals surface area contributed by atoms with Gasteiger partial charge in [0.05, 0.1) is 11.7 Å². The van der Waals surface area contributed by atoms with E-state index < -0.39 is 0 Å². The van der Waals surface area contributed by atoms with Gasteiger partial charge in [-0.2, -0.15) is 4.68 Å². The van der Waals surface area contributed by atoms with Gasteiger partial charge in [0.25, 0.3) is 0 Å². The van der Waals surface area contributed by atoms with Crippen LogP contribution in [0.15, 0.2) is 78.9 Å². The lowest BCUT2D eigenvalue weighted by Gasteiger charge is -2.38. The number of para-hydroxylation sites is 1. The van der Waals surface area contributed by atoms with Gasteiger partial charge in [0.2, 0.25) is 0 Å². The molecular formula is C29H31ClN6. The first kappa shape index (κ1) is 24.4. The fourth-order valence-electron chi connectivity index (χ4n) is 4.97. The van der Waals surface area contributed by atoms with Gasteiger partial charge >= 0.3 is 0 Å². The van der Waals surface area contributed by atoms with Crippen molar-refractivity contribution < 1.29 is 0 Å². The molecule has 1 fully saturated rings. The molecule has 0 amide bonds. The van der Waals surface area contributed by atoms with Gasteiger partial charge in [0, 0.05) is 37.7 Å². The maximum atomic E-state index is 6.43. The number of nitrogens with zero attached hydrogens (tertiary/aromatic N) is 6. The second-order valence-corrected chi connectivity index (χ2v) is 9.73. The number of rotatable bonds is 7. The number of hydrogen-bond donors (Lipinski definition) is 0. The quantitative estimate of drug-likeness (QED) is 0.343. The molecule has 1 aromatic heterocycles. The molecule has 1 aliphatic heterocycles.